The molecule has 0 aliphatic heterocycles. The van der Waals surface area contributed by atoms with Gasteiger partial charge < -0.3 is 14.8 Å². The minimum absolute atomic E-state index is 0.112. The number of carbonyl (C=O) groups is 2. The molecule has 0 heterocycles. The minimum atomic E-state index is -0.556. The Balaban J connectivity index is 1.75. The van der Waals surface area contributed by atoms with Crippen LogP contribution in [-0.4, -0.2) is 37.7 Å². The molecule has 2 rings (SSSR count). The van der Waals surface area contributed by atoms with E-state index in [0.29, 0.717) is 36.4 Å². The van der Waals surface area contributed by atoms with Gasteiger partial charge in [-0.25, -0.2) is 5.48 Å². The maximum Gasteiger partial charge on any atom is 0.274 e. The summed E-state index contributed by atoms with van der Waals surface area (Å²) in [5, 5.41) is 11.7. The van der Waals surface area contributed by atoms with Crippen LogP contribution in [-0.2, 0) is 17.8 Å². The summed E-state index contributed by atoms with van der Waals surface area (Å²) in [7, 11) is 3.17. The van der Waals surface area contributed by atoms with Crippen LogP contribution in [0.2, 0.25) is 0 Å². The highest BCUT2D eigenvalue weighted by Crippen LogP contribution is 2.27. The lowest BCUT2D eigenvalue weighted by molar-refractivity contribution is -0.118. The maximum absolute atomic E-state index is 12.1. The third-order valence-electron chi connectivity index (χ3n) is 4.11. The second kappa shape index (κ2) is 10.3. The van der Waals surface area contributed by atoms with E-state index in [-0.39, 0.29) is 12.3 Å². The zero-order valence-corrected chi connectivity index (χ0v) is 15.5. The normalized spacial score (nSPS) is 10.3. The number of ether oxygens (including phenoxy) is 2. The highest BCUT2D eigenvalue weighted by molar-refractivity contribution is 5.93. The summed E-state index contributed by atoms with van der Waals surface area (Å²) in [6.07, 6.45) is 1.06. The number of nitrogens with one attached hydrogen (secondary N) is 2. The molecule has 0 radical (unpaired) electrons. The van der Waals surface area contributed by atoms with Gasteiger partial charge in [0.15, 0.2) is 11.5 Å². The van der Waals surface area contributed by atoms with Crippen LogP contribution in [0.15, 0.2) is 42.5 Å². The first-order chi connectivity index (χ1) is 13.1. The van der Waals surface area contributed by atoms with Crippen LogP contribution in [0.4, 0.5) is 0 Å². The van der Waals surface area contributed by atoms with Crippen molar-refractivity contribution in [3.05, 3.63) is 59.2 Å². The number of ketones is 1. The average molecular weight is 372 g/mol. The first kappa shape index (κ1) is 20.4. The van der Waals surface area contributed by atoms with E-state index in [9.17, 15) is 9.59 Å². The predicted molar refractivity (Wildman–Crippen MR) is 100 cm³/mol. The van der Waals surface area contributed by atoms with Crippen molar-refractivity contribution in [2.24, 2.45) is 0 Å². The molecule has 0 unspecified atom stereocenters. The number of hydrogen-bond donors (Lipinski definition) is 3. The van der Waals surface area contributed by atoms with Gasteiger partial charge in [-0.3, -0.25) is 14.8 Å². The molecule has 0 saturated heterocycles. The van der Waals surface area contributed by atoms with Crippen LogP contribution < -0.4 is 20.3 Å². The number of aryl methyl sites for hydroxylation is 1. The molecule has 0 spiro atoms. The molecule has 27 heavy (non-hydrogen) atoms. The zero-order valence-electron chi connectivity index (χ0n) is 15.5. The summed E-state index contributed by atoms with van der Waals surface area (Å²) in [5.74, 6) is 0.872. The fourth-order valence-electron chi connectivity index (χ4n) is 2.59. The topological polar surface area (TPSA) is 96.9 Å². The van der Waals surface area contributed by atoms with Crippen molar-refractivity contribution < 1.29 is 24.3 Å². The number of rotatable bonds is 10. The van der Waals surface area contributed by atoms with Gasteiger partial charge in [-0.2, -0.15) is 0 Å². The smallest absolute Gasteiger partial charge is 0.274 e. The summed E-state index contributed by atoms with van der Waals surface area (Å²) in [6, 6.07) is 12.4. The number of hydroxylamine groups is 1. The van der Waals surface area contributed by atoms with Gasteiger partial charge in [0.2, 0.25) is 0 Å². The van der Waals surface area contributed by atoms with E-state index < -0.39 is 5.91 Å². The van der Waals surface area contributed by atoms with Crippen molar-refractivity contribution >= 4 is 11.7 Å². The molecule has 0 saturated carbocycles. The Hall–Kier alpha value is -2.90. The third kappa shape index (κ3) is 6.09. The number of amides is 1. The van der Waals surface area contributed by atoms with E-state index in [1.54, 1.807) is 44.0 Å². The highest BCUT2D eigenvalue weighted by Gasteiger charge is 2.08. The SMILES string of the molecule is COc1ccc(CCC(=O)CNCc2ccc(C(=O)NO)cc2)cc1OC. The first-order valence-corrected chi connectivity index (χ1v) is 8.54. The van der Waals surface area contributed by atoms with Gasteiger partial charge in [0.25, 0.3) is 5.91 Å². The van der Waals surface area contributed by atoms with Gasteiger partial charge in [0.05, 0.1) is 20.8 Å². The Morgan fingerprint density at radius 3 is 2.26 bits per heavy atom. The minimum Gasteiger partial charge on any atom is -0.493 e. The van der Waals surface area contributed by atoms with Gasteiger partial charge in [-0.1, -0.05) is 18.2 Å². The Labute approximate surface area is 158 Å². The molecule has 144 valence electrons. The van der Waals surface area contributed by atoms with Crippen LogP contribution in [0.3, 0.4) is 0 Å². The van der Waals surface area contributed by atoms with E-state index in [1.807, 2.05) is 18.2 Å². The number of Topliss-reactive ketones (excluding diaryl/α,β-unsaturated/α-hetero) is 1. The van der Waals surface area contributed by atoms with E-state index in [2.05, 4.69) is 5.32 Å². The van der Waals surface area contributed by atoms with Crippen molar-refractivity contribution in [1.29, 1.82) is 0 Å². The molecule has 1 amide bonds. The third-order valence-corrected chi connectivity index (χ3v) is 4.11. The summed E-state index contributed by atoms with van der Waals surface area (Å²) in [5.41, 5.74) is 3.91. The van der Waals surface area contributed by atoms with Gasteiger partial charge in [-0.15, -0.1) is 0 Å². The molecule has 0 aliphatic rings. The zero-order chi connectivity index (χ0) is 19.6. The van der Waals surface area contributed by atoms with Crippen molar-refractivity contribution in [1.82, 2.24) is 10.8 Å². The first-order valence-electron chi connectivity index (χ1n) is 8.54. The molecule has 0 aromatic heterocycles. The lowest BCUT2D eigenvalue weighted by atomic mass is 10.1. The van der Waals surface area contributed by atoms with Gasteiger partial charge in [0.1, 0.15) is 5.78 Å². The summed E-state index contributed by atoms with van der Waals surface area (Å²) >= 11 is 0. The van der Waals surface area contributed by atoms with Crippen molar-refractivity contribution in [2.45, 2.75) is 19.4 Å². The van der Waals surface area contributed by atoms with Crippen LogP contribution in [0.25, 0.3) is 0 Å². The molecule has 2 aromatic carbocycles. The fourth-order valence-corrected chi connectivity index (χ4v) is 2.59. The largest absolute Gasteiger partial charge is 0.493 e. The Morgan fingerprint density at radius 2 is 1.63 bits per heavy atom. The molecule has 0 fully saturated rings. The van der Waals surface area contributed by atoms with Gasteiger partial charge in [-0.05, 0) is 41.8 Å². The number of carbonyl (C=O) groups excluding carboxylic acids is 2. The fraction of sp³-hybridized carbons (Fsp3) is 0.300. The molecule has 0 aliphatic carbocycles. The van der Waals surface area contributed by atoms with Crippen molar-refractivity contribution in [3.63, 3.8) is 0 Å². The van der Waals surface area contributed by atoms with Gasteiger partial charge >= 0.3 is 0 Å². The standard InChI is InChI=1S/C20H24N2O5/c1-26-18-10-6-14(11-19(18)27-2)5-9-17(23)13-21-12-15-3-7-16(8-4-15)20(24)22-25/h3-4,6-8,10-11,21,25H,5,9,12-13H2,1-2H3,(H,22,24). The van der Waals surface area contributed by atoms with E-state index in [1.165, 1.54) is 0 Å². The monoisotopic (exact) mass is 372 g/mol. The molecular formula is C20H24N2O5. The summed E-state index contributed by atoms with van der Waals surface area (Å²) in [4.78, 5) is 23.3. The maximum atomic E-state index is 12.1. The van der Waals surface area contributed by atoms with Crippen LogP contribution in [0.1, 0.15) is 27.9 Å². The lowest BCUT2D eigenvalue weighted by Gasteiger charge is -2.09. The summed E-state index contributed by atoms with van der Waals surface area (Å²) < 4.78 is 10.5. The van der Waals surface area contributed by atoms with Crippen LogP contribution >= 0.6 is 0 Å². The van der Waals surface area contributed by atoms with E-state index in [0.717, 1.165) is 11.1 Å². The molecular weight excluding hydrogens is 348 g/mol. The second-order valence-electron chi connectivity index (χ2n) is 5.97. The average Bonchev–Trinajstić information content (AvgIpc) is 2.71. The Bertz CT molecular complexity index is 774. The summed E-state index contributed by atoms with van der Waals surface area (Å²) in [6.45, 7) is 0.787. The molecule has 7 nitrogen and oxygen atoms in total. The molecule has 2 aromatic rings. The molecule has 3 N–H and O–H groups in total. The molecule has 0 bridgehead atoms. The Morgan fingerprint density at radius 1 is 0.963 bits per heavy atom. The van der Waals surface area contributed by atoms with Crippen molar-refractivity contribution in [2.75, 3.05) is 20.8 Å². The van der Waals surface area contributed by atoms with Crippen LogP contribution in [0.5, 0.6) is 11.5 Å². The highest BCUT2D eigenvalue weighted by atomic mass is 16.5. The molecule has 0 atom stereocenters. The van der Waals surface area contributed by atoms with E-state index in [4.69, 9.17) is 14.7 Å². The predicted octanol–water partition coefficient (Wildman–Crippen LogP) is 2.11. The van der Waals surface area contributed by atoms with Gasteiger partial charge in [0, 0.05) is 18.5 Å². The number of methoxy groups -OCH3 is 2. The molecule has 7 heteroatoms. The second-order valence-corrected chi connectivity index (χ2v) is 5.97. The Kier molecular flexibility index (Phi) is 7.79. The number of hydrogen-bond acceptors (Lipinski definition) is 6. The van der Waals surface area contributed by atoms with E-state index >= 15 is 0 Å². The number of benzene rings is 2. The van der Waals surface area contributed by atoms with Crippen LogP contribution in [0, 0.1) is 0 Å². The quantitative estimate of drug-likeness (QED) is 0.437. The lowest BCUT2D eigenvalue weighted by Crippen LogP contribution is -2.23. The van der Waals surface area contributed by atoms with Crippen molar-refractivity contribution in [3.8, 4) is 11.5 Å².